The van der Waals surface area contributed by atoms with E-state index in [1.165, 1.54) is 0 Å². The first-order chi connectivity index (χ1) is 11.6. The zero-order valence-electron chi connectivity index (χ0n) is 12.5. The normalized spacial score (nSPS) is 10.2. The molecule has 120 valence electrons. The molecule has 4 nitrogen and oxygen atoms in total. The van der Waals surface area contributed by atoms with E-state index in [0.29, 0.717) is 15.7 Å². The van der Waals surface area contributed by atoms with Crippen LogP contribution in [-0.4, -0.2) is 10.9 Å². The number of nitrogens with one attached hydrogen (secondary N) is 2. The van der Waals surface area contributed by atoms with Crippen molar-refractivity contribution >= 4 is 46.2 Å². The summed E-state index contributed by atoms with van der Waals surface area (Å²) in [5, 5.41) is 6.80. The zero-order chi connectivity index (χ0) is 16.9. The van der Waals surface area contributed by atoms with Gasteiger partial charge in [-0.1, -0.05) is 41.4 Å². The first kappa shape index (κ1) is 16.3. The second-order valence-electron chi connectivity index (χ2n) is 5.00. The van der Waals surface area contributed by atoms with E-state index in [1.54, 1.807) is 36.5 Å². The van der Waals surface area contributed by atoms with Crippen LogP contribution in [0.3, 0.4) is 0 Å². The highest BCUT2D eigenvalue weighted by Crippen LogP contribution is 2.26. The predicted octanol–water partition coefficient (Wildman–Crippen LogP) is 5.38. The molecule has 0 aliphatic rings. The Morgan fingerprint density at radius 2 is 1.71 bits per heavy atom. The topological polar surface area (TPSA) is 54.0 Å². The van der Waals surface area contributed by atoms with Gasteiger partial charge in [-0.05, 0) is 42.5 Å². The summed E-state index contributed by atoms with van der Waals surface area (Å²) in [5.74, 6) is -0.356. The molecule has 0 radical (unpaired) electrons. The van der Waals surface area contributed by atoms with Gasteiger partial charge in [0.1, 0.15) is 5.69 Å². The fourth-order valence-corrected chi connectivity index (χ4v) is 2.41. The van der Waals surface area contributed by atoms with E-state index in [0.717, 1.165) is 11.4 Å². The number of halogens is 2. The summed E-state index contributed by atoms with van der Waals surface area (Å²) in [6.45, 7) is 0. The monoisotopic (exact) mass is 357 g/mol. The van der Waals surface area contributed by atoms with Crippen molar-refractivity contribution in [1.29, 1.82) is 0 Å². The van der Waals surface area contributed by atoms with E-state index in [-0.39, 0.29) is 11.6 Å². The van der Waals surface area contributed by atoms with E-state index in [2.05, 4.69) is 15.6 Å². The smallest absolute Gasteiger partial charge is 0.274 e. The highest BCUT2D eigenvalue weighted by molar-refractivity contribution is 6.35. The predicted molar refractivity (Wildman–Crippen MR) is 98.4 cm³/mol. The fraction of sp³-hybridized carbons (Fsp3) is 0. The summed E-state index contributed by atoms with van der Waals surface area (Å²) >= 11 is 11.9. The van der Waals surface area contributed by atoms with Crippen LogP contribution in [0, 0.1) is 0 Å². The Labute approximate surface area is 149 Å². The van der Waals surface area contributed by atoms with Crippen molar-refractivity contribution < 1.29 is 4.79 Å². The Morgan fingerprint density at radius 1 is 0.917 bits per heavy atom. The Kier molecular flexibility index (Phi) is 4.99. The van der Waals surface area contributed by atoms with Gasteiger partial charge in [0, 0.05) is 10.7 Å². The average Bonchev–Trinajstić information content (AvgIpc) is 2.60. The quantitative estimate of drug-likeness (QED) is 0.658. The molecule has 1 heterocycles. The lowest BCUT2D eigenvalue weighted by Crippen LogP contribution is -2.13. The SMILES string of the molecule is O=C(Nc1cc(Cl)ccc1Cl)c1ccc(Nc2ccccc2)cn1. The molecule has 0 atom stereocenters. The zero-order valence-corrected chi connectivity index (χ0v) is 14.0. The molecule has 0 bridgehead atoms. The molecule has 2 N–H and O–H groups in total. The maximum atomic E-state index is 12.3. The molecule has 3 aromatic rings. The number of nitrogens with zero attached hydrogens (tertiary/aromatic N) is 1. The highest BCUT2D eigenvalue weighted by Gasteiger charge is 2.10. The van der Waals surface area contributed by atoms with Crippen molar-refractivity contribution in [2.75, 3.05) is 10.6 Å². The highest BCUT2D eigenvalue weighted by atomic mass is 35.5. The van der Waals surface area contributed by atoms with Crippen LogP contribution in [-0.2, 0) is 0 Å². The third-order valence-electron chi connectivity index (χ3n) is 3.24. The second-order valence-corrected chi connectivity index (χ2v) is 5.85. The van der Waals surface area contributed by atoms with Crippen LogP contribution in [0.4, 0.5) is 17.1 Å². The minimum absolute atomic E-state index is 0.282. The molecular formula is C18H13Cl2N3O. The summed E-state index contributed by atoms with van der Waals surface area (Å²) < 4.78 is 0. The van der Waals surface area contributed by atoms with Crippen molar-refractivity contribution in [3.63, 3.8) is 0 Å². The van der Waals surface area contributed by atoms with Gasteiger partial charge >= 0.3 is 0 Å². The number of carbonyl (C=O) groups is 1. The average molecular weight is 358 g/mol. The van der Waals surface area contributed by atoms with Crippen molar-refractivity contribution in [3.8, 4) is 0 Å². The number of para-hydroxylation sites is 1. The van der Waals surface area contributed by atoms with Gasteiger partial charge < -0.3 is 10.6 Å². The summed E-state index contributed by atoms with van der Waals surface area (Å²) in [7, 11) is 0. The van der Waals surface area contributed by atoms with Crippen LogP contribution in [0.25, 0.3) is 0 Å². The molecule has 0 saturated heterocycles. The van der Waals surface area contributed by atoms with Gasteiger partial charge in [-0.25, -0.2) is 4.98 Å². The summed E-state index contributed by atoms with van der Waals surface area (Å²) in [6, 6.07) is 18.0. The van der Waals surface area contributed by atoms with Crippen LogP contribution in [0.2, 0.25) is 10.0 Å². The Balaban J connectivity index is 1.71. The maximum absolute atomic E-state index is 12.3. The van der Waals surface area contributed by atoms with Crippen molar-refractivity contribution in [2.45, 2.75) is 0 Å². The number of hydrogen-bond donors (Lipinski definition) is 2. The van der Waals surface area contributed by atoms with E-state index >= 15 is 0 Å². The van der Waals surface area contributed by atoms with Gasteiger partial charge in [-0.3, -0.25) is 4.79 Å². The van der Waals surface area contributed by atoms with Crippen LogP contribution < -0.4 is 10.6 Å². The molecule has 2 aromatic carbocycles. The van der Waals surface area contributed by atoms with Gasteiger partial charge in [-0.15, -0.1) is 0 Å². The Hall–Kier alpha value is -2.56. The fourth-order valence-electron chi connectivity index (χ4n) is 2.07. The first-order valence-corrected chi connectivity index (χ1v) is 7.92. The Morgan fingerprint density at radius 3 is 2.42 bits per heavy atom. The molecule has 0 unspecified atom stereocenters. The van der Waals surface area contributed by atoms with Crippen molar-refractivity contribution in [1.82, 2.24) is 4.98 Å². The lowest BCUT2D eigenvalue weighted by molar-refractivity contribution is 0.102. The van der Waals surface area contributed by atoms with E-state index in [1.807, 2.05) is 30.3 Å². The number of benzene rings is 2. The van der Waals surface area contributed by atoms with Crippen molar-refractivity contribution in [3.05, 3.63) is 82.6 Å². The molecule has 0 aliphatic heterocycles. The summed E-state index contributed by atoms with van der Waals surface area (Å²) in [4.78, 5) is 16.4. The Bertz CT molecular complexity index is 852. The number of rotatable bonds is 4. The second kappa shape index (κ2) is 7.34. The number of amides is 1. The standard InChI is InChI=1S/C18H13Cl2N3O/c19-12-6-8-15(20)17(10-12)23-18(24)16-9-7-14(11-21-16)22-13-4-2-1-3-5-13/h1-11,22H,(H,23,24). The number of anilines is 3. The van der Waals surface area contributed by atoms with Crippen LogP contribution in [0.1, 0.15) is 10.5 Å². The number of pyridine rings is 1. The van der Waals surface area contributed by atoms with Crippen LogP contribution >= 0.6 is 23.2 Å². The van der Waals surface area contributed by atoms with Gasteiger partial charge in [0.05, 0.1) is 22.6 Å². The molecule has 3 rings (SSSR count). The minimum Gasteiger partial charge on any atom is -0.354 e. The van der Waals surface area contributed by atoms with Gasteiger partial charge in [0.25, 0.3) is 5.91 Å². The van der Waals surface area contributed by atoms with Crippen LogP contribution in [0.15, 0.2) is 66.9 Å². The largest absolute Gasteiger partial charge is 0.354 e. The molecule has 24 heavy (non-hydrogen) atoms. The molecule has 0 spiro atoms. The molecule has 0 fully saturated rings. The van der Waals surface area contributed by atoms with E-state index in [9.17, 15) is 4.79 Å². The molecule has 6 heteroatoms. The first-order valence-electron chi connectivity index (χ1n) is 7.16. The molecule has 0 saturated carbocycles. The maximum Gasteiger partial charge on any atom is 0.274 e. The molecule has 1 amide bonds. The third kappa shape index (κ3) is 4.04. The molecule has 0 aliphatic carbocycles. The molecular weight excluding hydrogens is 345 g/mol. The van der Waals surface area contributed by atoms with Crippen LogP contribution in [0.5, 0.6) is 0 Å². The summed E-state index contributed by atoms with van der Waals surface area (Å²) in [6.07, 6.45) is 1.60. The number of aromatic nitrogens is 1. The number of carbonyl (C=O) groups excluding carboxylic acids is 1. The van der Waals surface area contributed by atoms with E-state index in [4.69, 9.17) is 23.2 Å². The minimum atomic E-state index is -0.356. The van der Waals surface area contributed by atoms with Crippen molar-refractivity contribution in [2.24, 2.45) is 0 Å². The number of hydrogen-bond acceptors (Lipinski definition) is 3. The van der Waals surface area contributed by atoms with Gasteiger partial charge in [0.2, 0.25) is 0 Å². The lowest BCUT2D eigenvalue weighted by Gasteiger charge is -2.09. The summed E-state index contributed by atoms with van der Waals surface area (Å²) in [5.41, 5.74) is 2.47. The van der Waals surface area contributed by atoms with E-state index < -0.39 is 0 Å². The molecule has 1 aromatic heterocycles. The third-order valence-corrected chi connectivity index (χ3v) is 3.80. The van der Waals surface area contributed by atoms with Gasteiger partial charge in [0.15, 0.2) is 0 Å². The van der Waals surface area contributed by atoms with Gasteiger partial charge in [-0.2, -0.15) is 0 Å². The lowest BCUT2D eigenvalue weighted by atomic mass is 10.2.